The van der Waals surface area contributed by atoms with Crippen LogP contribution in [0.1, 0.15) is 38.2 Å². The van der Waals surface area contributed by atoms with E-state index >= 15 is 0 Å². The standard InChI is InChI=1S/C23H33N5O9/c1-12(29)19(28-20(33)14(24)11-13-5-3-2-4-6-13)22(35)26-15(8-10-18(31)32)21(34)27-16(23(36)37)7-9-17(25)30/h2-6,12,14-16,19,29H,7-11,24H2,1H3,(H2,25,30)(H,26,35)(H,27,34)(H,28,33)(H,31,32)(H,36,37). The fourth-order valence-electron chi connectivity index (χ4n) is 3.24. The van der Waals surface area contributed by atoms with E-state index in [0.29, 0.717) is 0 Å². The van der Waals surface area contributed by atoms with E-state index in [1.807, 2.05) is 0 Å². The lowest BCUT2D eigenvalue weighted by atomic mass is 10.0. The molecular formula is C23H33N5O9. The summed E-state index contributed by atoms with van der Waals surface area (Å²) >= 11 is 0. The molecule has 0 fully saturated rings. The van der Waals surface area contributed by atoms with Crippen molar-refractivity contribution in [3.8, 4) is 0 Å². The van der Waals surface area contributed by atoms with E-state index in [0.717, 1.165) is 5.56 Å². The second kappa shape index (κ2) is 15.2. The maximum absolute atomic E-state index is 12.9. The molecule has 0 radical (unpaired) electrons. The van der Waals surface area contributed by atoms with Crippen molar-refractivity contribution in [2.45, 2.75) is 69.3 Å². The van der Waals surface area contributed by atoms with Crippen LogP contribution in [0.15, 0.2) is 30.3 Å². The molecule has 1 rings (SSSR count). The third kappa shape index (κ3) is 11.5. The number of aliphatic hydroxyl groups is 1. The van der Waals surface area contributed by atoms with Gasteiger partial charge in [0.25, 0.3) is 0 Å². The summed E-state index contributed by atoms with van der Waals surface area (Å²) in [5, 5.41) is 35.1. The van der Waals surface area contributed by atoms with Crippen LogP contribution in [0.5, 0.6) is 0 Å². The fraction of sp³-hybridized carbons (Fsp3) is 0.478. The van der Waals surface area contributed by atoms with Crippen molar-refractivity contribution in [1.82, 2.24) is 16.0 Å². The van der Waals surface area contributed by atoms with Crippen LogP contribution in [0, 0.1) is 0 Å². The van der Waals surface area contributed by atoms with Gasteiger partial charge in [-0.2, -0.15) is 0 Å². The summed E-state index contributed by atoms with van der Waals surface area (Å²) in [7, 11) is 0. The number of aliphatic hydroxyl groups excluding tert-OH is 1. The monoisotopic (exact) mass is 523 g/mol. The lowest BCUT2D eigenvalue weighted by molar-refractivity contribution is -0.143. The number of rotatable bonds is 16. The van der Waals surface area contributed by atoms with Gasteiger partial charge in [0.05, 0.1) is 12.1 Å². The number of carbonyl (C=O) groups is 6. The molecule has 5 atom stereocenters. The van der Waals surface area contributed by atoms with E-state index in [2.05, 4.69) is 16.0 Å². The molecule has 0 saturated carbocycles. The number of hydrogen-bond donors (Lipinski definition) is 8. The molecular weight excluding hydrogens is 490 g/mol. The molecule has 0 saturated heterocycles. The highest BCUT2D eigenvalue weighted by atomic mass is 16.4. The number of aliphatic carboxylic acids is 2. The van der Waals surface area contributed by atoms with Crippen LogP contribution in [-0.4, -0.2) is 81.2 Å². The molecule has 0 aromatic heterocycles. The minimum Gasteiger partial charge on any atom is -0.481 e. The predicted octanol–water partition coefficient (Wildman–Crippen LogP) is -2.39. The SMILES string of the molecule is CC(O)C(NC(=O)C(N)Cc1ccccc1)C(=O)NC(CCC(=O)O)C(=O)NC(CCC(N)=O)C(=O)O. The molecule has 1 aromatic carbocycles. The van der Waals surface area contributed by atoms with E-state index in [1.54, 1.807) is 30.3 Å². The third-order valence-electron chi connectivity index (χ3n) is 5.27. The molecule has 0 heterocycles. The number of benzene rings is 1. The van der Waals surface area contributed by atoms with Gasteiger partial charge in [0, 0.05) is 12.8 Å². The van der Waals surface area contributed by atoms with E-state index < -0.39 is 78.7 Å². The topological polar surface area (TPSA) is 251 Å². The molecule has 10 N–H and O–H groups in total. The summed E-state index contributed by atoms with van der Waals surface area (Å²) in [6, 6.07) is 3.13. The Morgan fingerprint density at radius 1 is 0.838 bits per heavy atom. The minimum absolute atomic E-state index is 0.145. The van der Waals surface area contributed by atoms with E-state index in [4.69, 9.17) is 16.6 Å². The average Bonchev–Trinajstić information content (AvgIpc) is 2.82. The van der Waals surface area contributed by atoms with E-state index in [-0.39, 0.29) is 19.3 Å². The normalized spacial score (nSPS) is 14.8. The zero-order valence-electron chi connectivity index (χ0n) is 20.3. The lowest BCUT2D eigenvalue weighted by Crippen LogP contribution is -2.60. The average molecular weight is 524 g/mol. The number of amides is 4. The first-order valence-electron chi connectivity index (χ1n) is 11.4. The predicted molar refractivity (Wildman–Crippen MR) is 129 cm³/mol. The number of nitrogens with two attached hydrogens (primary N) is 2. The Balaban J connectivity index is 2.95. The first kappa shape index (κ1) is 31.0. The second-order valence-corrected chi connectivity index (χ2v) is 8.42. The van der Waals surface area contributed by atoms with Crippen molar-refractivity contribution in [1.29, 1.82) is 0 Å². The lowest BCUT2D eigenvalue weighted by Gasteiger charge is -2.26. The Bertz CT molecular complexity index is 971. The number of primary amides is 1. The largest absolute Gasteiger partial charge is 0.481 e. The molecule has 0 aliphatic carbocycles. The Kier molecular flexibility index (Phi) is 12.7. The van der Waals surface area contributed by atoms with E-state index in [9.17, 15) is 39.0 Å². The quantitative estimate of drug-likeness (QED) is 0.114. The first-order chi connectivity index (χ1) is 17.3. The smallest absolute Gasteiger partial charge is 0.326 e. The van der Waals surface area contributed by atoms with Crippen molar-refractivity contribution < 1.29 is 44.1 Å². The molecule has 1 aromatic rings. The van der Waals surface area contributed by atoms with Crippen molar-refractivity contribution >= 4 is 35.6 Å². The zero-order valence-corrected chi connectivity index (χ0v) is 20.3. The van der Waals surface area contributed by atoms with Gasteiger partial charge in [0.15, 0.2) is 0 Å². The van der Waals surface area contributed by atoms with Crippen LogP contribution in [0.2, 0.25) is 0 Å². The van der Waals surface area contributed by atoms with Gasteiger partial charge >= 0.3 is 11.9 Å². The Morgan fingerprint density at radius 2 is 1.41 bits per heavy atom. The van der Waals surface area contributed by atoms with Crippen LogP contribution in [0.3, 0.4) is 0 Å². The summed E-state index contributed by atoms with van der Waals surface area (Å²) in [6.45, 7) is 1.21. The van der Waals surface area contributed by atoms with Gasteiger partial charge in [-0.15, -0.1) is 0 Å². The van der Waals surface area contributed by atoms with Crippen molar-refractivity contribution in [2.75, 3.05) is 0 Å². The summed E-state index contributed by atoms with van der Waals surface area (Å²) in [5.41, 5.74) is 11.7. The van der Waals surface area contributed by atoms with Gasteiger partial charge in [-0.3, -0.25) is 24.0 Å². The van der Waals surface area contributed by atoms with Crippen molar-refractivity contribution in [2.24, 2.45) is 11.5 Å². The Hall–Kier alpha value is -4.04. The van der Waals surface area contributed by atoms with Crippen LogP contribution in [0.4, 0.5) is 0 Å². The summed E-state index contributed by atoms with van der Waals surface area (Å²) in [6.07, 6.45) is -2.95. The van der Waals surface area contributed by atoms with Crippen LogP contribution in [0.25, 0.3) is 0 Å². The van der Waals surface area contributed by atoms with Crippen LogP contribution < -0.4 is 27.4 Å². The van der Waals surface area contributed by atoms with Crippen molar-refractivity contribution in [3.05, 3.63) is 35.9 Å². The van der Waals surface area contributed by atoms with Gasteiger partial charge in [-0.05, 0) is 31.7 Å². The molecule has 14 heteroatoms. The molecule has 0 spiro atoms. The first-order valence-corrected chi connectivity index (χ1v) is 11.4. The highest BCUT2D eigenvalue weighted by Crippen LogP contribution is 2.06. The number of nitrogens with one attached hydrogen (secondary N) is 3. The molecule has 4 amide bonds. The maximum atomic E-state index is 12.9. The Morgan fingerprint density at radius 3 is 1.92 bits per heavy atom. The van der Waals surface area contributed by atoms with Gasteiger partial charge < -0.3 is 42.7 Å². The Labute approximate surface area is 212 Å². The highest BCUT2D eigenvalue weighted by molar-refractivity contribution is 5.94. The van der Waals surface area contributed by atoms with E-state index in [1.165, 1.54) is 6.92 Å². The van der Waals surface area contributed by atoms with Crippen LogP contribution >= 0.6 is 0 Å². The molecule has 0 bridgehead atoms. The number of carboxylic acid groups (broad SMARTS) is 2. The number of carboxylic acids is 2. The molecule has 0 aliphatic rings. The van der Waals surface area contributed by atoms with Crippen LogP contribution in [-0.2, 0) is 35.2 Å². The fourth-order valence-corrected chi connectivity index (χ4v) is 3.24. The summed E-state index contributed by atoms with van der Waals surface area (Å²) in [4.78, 5) is 71.6. The molecule has 0 aliphatic heterocycles. The highest BCUT2D eigenvalue weighted by Gasteiger charge is 2.32. The molecule has 37 heavy (non-hydrogen) atoms. The third-order valence-corrected chi connectivity index (χ3v) is 5.27. The van der Waals surface area contributed by atoms with Gasteiger partial charge in [-0.1, -0.05) is 30.3 Å². The molecule has 5 unspecified atom stereocenters. The number of carbonyl (C=O) groups excluding carboxylic acids is 4. The number of hydrogen-bond acceptors (Lipinski definition) is 8. The molecule has 204 valence electrons. The summed E-state index contributed by atoms with van der Waals surface area (Å²) in [5.74, 6) is -6.37. The van der Waals surface area contributed by atoms with Gasteiger partial charge in [0.1, 0.15) is 18.1 Å². The van der Waals surface area contributed by atoms with Gasteiger partial charge in [-0.25, -0.2) is 4.79 Å². The van der Waals surface area contributed by atoms with Gasteiger partial charge in [0.2, 0.25) is 23.6 Å². The molecule has 14 nitrogen and oxygen atoms in total. The summed E-state index contributed by atoms with van der Waals surface area (Å²) < 4.78 is 0. The maximum Gasteiger partial charge on any atom is 0.326 e. The minimum atomic E-state index is -1.56. The zero-order chi connectivity index (χ0) is 28.1. The second-order valence-electron chi connectivity index (χ2n) is 8.42. The van der Waals surface area contributed by atoms with Crippen molar-refractivity contribution in [3.63, 3.8) is 0 Å².